The van der Waals surface area contributed by atoms with Crippen molar-refractivity contribution in [2.24, 2.45) is 0 Å². The van der Waals surface area contributed by atoms with Gasteiger partial charge in [0.15, 0.2) is 0 Å². The average Bonchev–Trinajstić information content (AvgIpc) is 2.39. The highest BCUT2D eigenvalue weighted by Crippen LogP contribution is 2.27. The summed E-state index contributed by atoms with van der Waals surface area (Å²) in [5.74, 6) is 0. The molecule has 0 saturated carbocycles. The van der Waals surface area contributed by atoms with Gasteiger partial charge in [0.2, 0.25) is 0 Å². The van der Waals surface area contributed by atoms with Crippen molar-refractivity contribution in [3.05, 3.63) is 33.9 Å². The minimum absolute atomic E-state index is 0.136. The zero-order valence-corrected chi connectivity index (χ0v) is 10.9. The second-order valence-electron chi connectivity index (χ2n) is 3.80. The maximum atomic E-state index is 10.7. The lowest BCUT2D eigenvalue weighted by atomic mass is 10.1. The lowest BCUT2D eigenvalue weighted by Gasteiger charge is -2.30. The van der Waals surface area contributed by atoms with Gasteiger partial charge in [-0.1, -0.05) is 15.9 Å². The molecule has 0 unspecified atom stereocenters. The summed E-state index contributed by atoms with van der Waals surface area (Å²) in [6.07, 6.45) is 0. The van der Waals surface area contributed by atoms with Gasteiger partial charge in [0, 0.05) is 36.2 Å². The average molecular weight is 301 g/mol. The fraction of sp³-hybridized carbons (Fsp3) is 0.455. The number of nitrogens with zero attached hydrogens (tertiary/aromatic N) is 2. The molecule has 0 atom stereocenters. The fourth-order valence-electron chi connectivity index (χ4n) is 1.91. The zero-order chi connectivity index (χ0) is 12.3. The smallest absolute Gasteiger partial charge is 0.269 e. The van der Waals surface area contributed by atoms with Crippen molar-refractivity contribution in [3.8, 4) is 0 Å². The van der Waals surface area contributed by atoms with Crippen molar-refractivity contribution in [3.63, 3.8) is 0 Å². The van der Waals surface area contributed by atoms with E-state index in [0.717, 1.165) is 24.3 Å². The summed E-state index contributed by atoms with van der Waals surface area (Å²) in [5, 5.41) is 11.3. The zero-order valence-electron chi connectivity index (χ0n) is 9.26. The number of halogens is 1. The molecule has 1 heterocycles. The first-order chi connectivity index (χ1) is 8.22. The third kappa shape index (κ3) is 2.76. The molecule has 1 aliphatic heterocycles. The van der Waals surface area contributed by atoms with Crippen molar-refractivity contribution in [1.82, 2.24) is 0 Å². The Kier molecular flexibility index (Phi) is 3.96. The van der Waals surface area contributed by atoms with Crippen LogP contribution in [0.15, 0.2) is 18.2 Å². The number of hydrogen-bond acceptors (Lipinski definition) is 4. The summed E-state index contributed by atoms with van der Waals surface area (Å²) in [7, 11) is 0. The molecule has 0 bridgehead atoms. The first kappa shape index (κ1) is 12.3. The number of morpholine rings is 1. The van der Waals surface area contributed by atoms with Gasteiger partial charge in [0.25, 0.3) is 5.69 Å². The van der Waals surface area contributed by atoms with Gasteiger partial charge >= 0.3 is 0 Å². The second kappa shape index (κ2) is 5.46. The number of nitro benzene ring substituents is 1. The van der Waals surface area contributed by atoms with E-state index in [4.69, 9.17) is 4.74 Å². The summed E-state index contributed by atoms with van der Waals surface area (Å²) >= 11 is 3.38. The van der Waals surface area contributed by atoms with Crippen LogP contribution < -0.4 is 4.90 Å². The van der Waals surface area contributed by atoms with Gasteiger partial charge in [-0.3, -0.25) is 10.1 Å². The Morgan fingerprint density at radius 3 is 2.71 bits per heavy atom. The first-order valence-electron chi connectivity index (χ1n) is 5.38. The molecule has 1 aliphatic rings. The van der Waals surface area contributed by atoms with E-state index in [1.165, 1.54) is 0 Å². The highest BCUT2D eigenvalue weighted by molar-refractivity contribution is 9.08. The van der Waals surface area contributed by atoms with Crippen LogP contribution in [0.1, 0.15) is 5.56 Å². The predicted octanol–water partition coefficient (Wildman–Crippen LogP) is 2.33. The van der Waals surface area contributed by atoms with Crippen LogP contribution in [0, 0.1) is 10.1 Å². The first-order valence-corrected chi connectivity index (χ1v) is 6.50. The van der Waals surface area contributed by atoms with E-state index < -0.39 is 0 Å². The minimum atomic E-state index is -0.366. The topological polar surface area (TPSA) is 55.6 Å². The lowest BCUT2D eigenvalue weighted by Crippen LogP contribution is -2.36. The van der Waals surface area contributed by atoms with E-state index in [1.807, 2.05) is 6.07 Å². The lowest BCUT2D eigenvalue weighted by molar-refractivity contribution is -0.384. The van der Waals surface area contributed by atoms with Crippen molar-refractivity contribution < 1.29 is 9.66 Å². The molecular weight excluding hydrogens is 288 g/mol. The van der Waals surface area contributed by atoms with Crippen LogP contribution in [-0.2, 0) is 10.1 Å². The van der Waals surface area contributed by atoms with E-state index in [0.29, 0.717) is 18.5 Å². The van der Waals surface area contributed by atoms with Gasteiger partial charge in [-0.25, -0.2) is 0 Å². The standard InChI is InChI=1S/C11H13BrN2O3/c12-8-9-7-10(14(15)16)1-2-11(9)13-3-5-17-6-4-13/h1-2,7H,3-6,8H2. The van der Waals surface area contributed by atoms with E-state index in [-0.39, 0.29) is 10.6 Å². The molecule has 0 N–H and O–H groups in total. The van der Waals surface area contributed by atoms with E-state index >= 15 is 0 Å². The number of non-ortho nitro benzene ring substituents is 1. The molecule has 0 aliphatic carbocycles. The van der Waals surface area contributed by atoms with Crippen molar-refractivity contribution >= 4 is 27.3 Å². The highest BCUT2D eigenvalue weighted by Gasteiger charge is 2.17. The quantitative estimate of drug-likeness (QED) is 0.488. The number of hydrogen-bond donors (Lipinski definition) is 0. The normalized spacial score (nSPS) is 15.9. The van der Waals surface area contributed by atoms with Crippen LogP contribution in [0.3, 0.4) is 0 Å². The van der Waals surface area contributed by atoms with E-state index in [9.17, 15) is 10.1 Å². The summed E-state index contributed by atoms with van der Waals surface area (Å²) in [4.78, 5) is 12.5. The molecule has 2 rings (SSSR count). The maximum absolute atomic E-state index is 10.7. The summed E-state index contributed by atoms with van der Waals surface area (Å²) in [6, 6.07) is 5.00. The summed E-state index contributed by atoms with van der Waals surface area (Å²) < 4.78 is 5.30. The van der Waals surface area contributed by atoms with Gasteiger partial charge < -0.3 is 9.64 Å². The molecule has 1 aromatic carbocycles. The molecule has 0 radical (unpaired) electrons. The van der Waals surface area contributed by atoms with E-state index in [2.05, 4.69) is 20.8 Å². The van der Waals surface area contributed by atoms with Gasteiger partial charge in [-0.15, -0.1) is 0 Å². The van der Waals surface area contributed by atoms with Gasteiger partial charge in [0.1, 0.15) is 0 Å². The van der Waals surface area contributed by atoms with Crippen molar-refractivity contribution in [2.45, 2.75) is 5.33 Å². The predicted molar refractivity (Wildman–Crippen MR) is 68.8 cm³/mol. The molecule has 0 amide bonds. The second-order valence-corrected chi connectivity index (χ2v) is 4.36. The third-order valence-corrected chi connectivity index (χ3v) is 3.37. The Hall–Kier alpha value is -1.14. The molecule has 0 spiro atoms. The Morgan fingerprint density at radius 1 is 1.41 bits per heavy atom. The molecule has 6 heteroatoms. The van der Waals surface area contributed by atoms with Crippen LogP contribution in [0.4, 0.5) is 11.4 Å². The highest BCUT2D eigenvalue weighted by atomic mass is 79.9. The number of benzene rings is 1. The Morgan fingerprint density at radius 2 is 2.12 bits per heavy atom. The van der Waals surface area contributed by atoms with Crippen molar-refractivity contribution in [2.75, 3.05) is 31.2 Å². The van der Waals surface area contributed by atoms with E-state index in [1.54, 1.807) is 12.1 Å². The molecule has 92 valence electrons. The molecule has 5 nitrogen and oxygen atoms in total. The number of rotatable bonds is 3. The fourth-order valence-corrected chi connectivity index (χ4v) is 2.35. The van der Waals surface area contributed by atoms with Gasteiger partial charge in [-0.2, -0.15) is 0 Å². The molecular formula is C11H13BrN2O3. The molecule has 0 aromatic heterocycles. The Balaban J connectivity index is 2.29. The van der Waals surface area contributed by atoms with Crippen LogP contribution in [0.5, 0.6) is 0 Å². The largest absolute Gasteiger partial charge is 0.378 e. The number of nitro groups is 1. The number of ether oxygens (including phenoxy) is 1. The van der Waals surface area contributed by atoms with Crippen LogP contribution in [0.2, 0.25) is 0 Å². The number of anilines is 1. The van der Waals surface area contributed by atoms with Gasteiger partial charge in [0.05, 0.1) is 18.1 Å². The Labute approximate surface area is 108 Å². The molecule has 1 saturated heterocycles. The minimum Gasteiger partial charge on any atom is -0.378 e. The Bertz CT molecular complexity index is 419. The summed E-state index contributed by atoms with van der Waals surface area (Å²) in [6.45, 7) is 3.08. The van der Waals surface area contributed by atoms with Crippen molar-refractivity contribution in [1.29, 1.82) is 0 Å². The van der Waals surface area contributed by atoms with Crippen LogP contribution in [0.25, 0.3) is 0 Å². The summed E-state index contributed by atoms with van der Waals surface area (Å²) in [5.41, 5.74) is 2.13. The third-order valence-electron chi connectivity index (χ3n) is 2.77. The van der Waals surface area contributed by atoms with Crippen LogP contribution >= 0.6 is 15.9 Å². The monoisotopic (exact) mass is 300 g/mol. The number of alkyl halides is 1. The van der Waals surface area contributed by atoms with Crippen LogP contribution in [-0.4, -0.2) is 31.2 Å². The molecule has 17 heavy (non-hydrogen) atoms. The van der Waals surface area contributed by atoms with Gasteiger partial charge in [-0.05, 0) is 11.6 Å². The molecule has 1 fully saturated rings. The maximum Gasteiger partial charge on any atom is 0.269 e. The molecule has 1 aromatic rings. The SMILES string of the molecule is O=[N+]([O-])c1ccc(N2CCOCC2)c(CBr)c1.